The van der Waals surface area contributed by atoms with Crippen LogP contribution < -0.4 is 4.90 Å². The zero-order valence-corrected chi connectivity index (χ0v) is 10.6. The number of methoxy groups -OCH3 is 1. The molecule has 92 valence electrons. The van der Waals surface area contributed by atoms with Crippen LogP contribution >= 0.6 is 0 Å². The second-order valence-corrected chi connectivity index (χ2v) is 4.53. The van der Waals surface area contributed by atoms with Gasteiger partial charge in [-0.2, -0.15) is 0 Å². The third-order valence-electron chi connectivity index (χ3n) is 3.66. The van der Waals surface area contributed by atoms with E-state index in [4.69, 9.17) is 4.74 Å². The lowest BCUT2D eigenvalue weighted by Gasteiger charge is -2.27. The van der Waals surface area contributed by atoms with E-state index in [2.05, 4.69) is 36.9 Å². The fraction of sp³-hybridized carbons (Fsp3) is 0.500. The normalized spacial score (nSPS) is 22.4. The van der Waals surface area contributed by atoms with Crippen molar-refractivity contribution in [3.05, 3.63) is 29.8 Å². The van der Waals surface area contributed by atoms with E-state index < -0.39 is 0 Å². The van der Waals surface area contributed by atoms with Crippen molar-refractivity contribution in [2.24, 2.45) is 0 Å². The average Bonchev–Trinajstić information content (AvgIpc) is 2.63. The van der Waals surface area contributed by atoms with Gasteiger partial charge in [0.2, 0.25) is 0 Å². The monoisotopic (exact) mass is 233 g/mol. The van der Waals surface area contributed by atoms with Gasteiger partial charge >= 0.3 is 5.97 Å². The molecule has 0 aromatic heterocycles. The van der Waals surface area contributed by atoms with Crippen LogP contribution in [0.2, 0.25) is 0 Å². The van der Waals surface area contributed by atoms with E-state index in [0.717, 1.165) is 6.42 Å². The van der Waals surface area contributed by atoms with Crippen LogP contribution in [0.1, 0.15) is 31.7 Å². The average molecular weight is 233 g/mol. The lowest BCUT2D eigenvalue weighted by molar-refractivity contribution is -0.139. The molecule has 0 spiro atoms. The van der Waals surface area contributed by atoms with E-state index in [1.165, 1.54) is 18.4 Å². The summed E-state index contributed by atoms with van der Waals surface area (Å²) in [6, 6.07) is 8.72. The molecule has 1 aliphatic rings. The summed E-state index contributed by atoms with van der Waals surface area (Å²) in [4.78, 5) is 13.7. The largest absolute Gasteiger partial charge is 0.468 e. The quantitative estimate of drug-likeness (QED) is 0.751. The van der Waals surface area contributed by atoms with E-state index in [0.29, 0.717) is 18.5 Å². The third-order valence-corrected chi connectivity index (χ3v) is 3.66. The summed E-state index contributed by atoms with van der Waals surface area (Å²) in [7, 11) is 1.44. The maximum absolute atomic E-state index is 11.5. The maximum atomic E-state index is 11.5. The number of ether oxygens (including phenoxy) is 1. The van der Waals surface area contributed by atoms with Crippen LogP contribution in [0.25, 0.3) is 0 Å². The highest BCUT2D eigenvalue weighted by molar-refractivity contribution is 5.78. The molecule has 1 aliphatic heterocycles. The van der Waals surface area contributed by atoms with E-state index in [9.17, 15) is 4.79 Å². The first-order chi connectivity index (χ1) is 8.19. The van der Waals surface area contributed by atoms with Crippen molar-refractivity contribution in [1.29, 1.82) is 0 Å². The second kappa shape index (κ2) is 4.78. The molecular weight excluding hydrogens is 214 g/mol. The first kappa shape index (κ1) is 12.0. The smallest absolute Gasteiger partial charge is 0.325 e. The molecule has 3 nitrogen and oxygen atoms in total. The highest BCUT2D eigenvalue weighted by Gasteiger charge is 2.35. The molecule has 2 unspecified atom stereocenters. The van der Waals surface area contributed by atoms with Gasteiger partial charge in [0.05, 0.1) is 7.11 Å². The summed E-state index contributed by atoms with van der Waals surface area (Å²) in [6.45, 7) is 4.73. The minimum atomic E-state index is -0.174. The molecule has 2 atom stereocenters. The zero-order chi connectivity index (χ0) is 12.4. The standard InChI is InChI=1S/C14H19NO2/c1-4-12-10(2)11-7-5-6-8-13(11)15(12)9-14(16)17-3/h5-8,10,12H,4,9H2,1-3H3. The predicted molar refractivity (Wildman–Crippen MR) is 68.3 cm³/mol. The van der Waals surface area contributed by atoms with Crippen LogP contribution in [0.5, 0.6) is 0 Å². The van der Waals surface area contributed by atoms with Crippen molar-refractivity contribution in [2.75, 3.05) is 18.6 Å². The Morgan fingerprint density at radius 2 is 2.12 bits per heavy atom. The Morgan fingerprint density at radius 1 is 1.41 bits per heavy atom. The van der Waals surface area contributed by atoms with E-state index >= 15 is 0 Å². The molecule has 17 heavy (non-hydrogen) atoms. The zero-order valence-electron chi connectivity index (χ0n) is 10.6. The minimum Gasteiger partial charge on any atom is -0.468 e. The van der Waals surface area contributed by atoms with Crippen LogP contribution in [-0.2, 0) is 9.53 Å². The first-order valence-corrected chi connectivity index (χ1v) is 6.11. The molecule has 2 rings (SSSR count). The van der Waals surface area contributed by atoms with Gasteiger partial charge in [-0.05, 0) is 18.1 Å². The molecule has 1 heterocycles. The minimum absolute atomic E-state index is 0.174. The molecule has 0 radical (unpaired) electrons. The van der Waals surface area contributed by atoms with Gasteiger partial charge in [-0.25, -0.2) is 0 Å². The molecule has 1 aromatic rings. The molecule has 0 aliphatic carbocycles. The highest BCUT2D eigenvalue weighted by Crippen LogP contribution is 2.41. The number of esters is 1. The van der Waals surface area contributed by atoms with Gasteiger partial charge in [0.25, 0.3) is 0 Å². The van der Waals surface area contributed by atoms with Gasteiger partial charge in [0.15, 0.2) is 0 Å². The summed E-state index contributed by atoms with van der Waals surface area (Å²) in [5, 5.41) is 0. The number of carbonyl (C=O) groups excluding carboxylic acids is 1. The SMILES string of the molecule is CCC1C(C)c2ccccc2N1CC(=O)OC. The molecule has 0 fully saturated rings. The number of benzene rings is 1. The Bertz CT molecular complexity index is 416. The molecular formula is C14H19NO2. The van der Waals surface area contributed by atoms with Crippen molar-refractivity contribution in [1.82, 2.24) is 0 Å². The number of carbonyl (C=O) groups is 1. The molecule has 0 amide bonds. The molecule has 0 saturated heterocycles. The molecule has 0 bridgehead atoms. The predicted octanol–water partition coefficient (Wildman–Crippen LogP) is 2.56. The van der Waals surface area contributed by atoms with Crippen molar-refractivity contribution >= 4 is 11.7 Å². The molecule has 3 heteroatoms. The van der Waals surface area contributed by atoms with Gasteiger partial charge in [-0.1, -0.05) is 32.0 Å². The van der Waals surface area contributed by atoms with Gasteiger partial charge in [0.1, 0.15) is 6.54 Å². The van der Waals surface area contributed by atoms with Gasteiger partial charge in [-0.15, -0.1) is 0 Å². The topological polar surface area (TPSA) is 29.5 Å². The van der Waals surface area contributed by atoms with Crippen molar-refractivity contribution in [2.45, 2.75) is 32.2 Å². The van der Waals surface area contributed by atoms with Crippen LogP contribution in [0.4, 0.5) is 5.69 Å². The number of anilines is 1. The fourth-order valence-corrected chi connectivity index (χ4v) is 2.77. The summed E-state index contributed by atoms with van der Waals surface area (Å²) >= 11 is 0. The van der Waals surface area contributed by atoms with Crippen LogP contribution in [-0.4, -0.2) is 25.7 Å². The van der Waals surface area contributed by atoms with Gasteiger partial charge in [0, 0.05) is 17.6 Å². The first-order valence-electron chi connectivity index (χ1n) is 6.11. The van der Waals surface area contributed by atoms with E-state index in [1.807, 2.05) is 6.07 Å². The Kier molecular flexibility index (Phi) is 3.36. The number of hydrogen-bond acceptors (Lipinski definition) is 3. The highest BCUT2D eigenvalue weighted by atomic mass is 16.5. The summed E-state index contributed by atoms with van der Waals surface area (Å²) in [5.74, 6) is 0.299. The van der Waals surface area contributed by atoms with E-state index in [1.54, 1.807) is 0 Å². The number of fused-ring (bicyclic) bond motifs is 1. The van der Waals surface area contributed by atoms with Crippen molar-refractivity contribution < 1.29 is 9.53 Å². The van der Waals surface area contributed by atoms with Crippen LogP contribution in [0, 0.1) is 0 Å². The second-order valence-electron chi connectivity index (χ2n) is 4.53. The number of rotatable bonds is 3. The Balaban J connectivity index is 2.32. The lowest BCUT2D eigenvalue weighted by Crippen LogP contribution is -2.37. The summed E-state index contributed by atoms with van der Waals surface area (Å²) in [5.41, 5.74) is 2.51. The van der Waals surface area contributed by atoms with Gasteiger partial charge < -0.3 is 9.64 Å². The third kappa shape index (κ3) is 2.02. The van der Waals surface area contributed by atoms with Gasteiger partial charge in [-0.3, -0.25) is 4.79 Å². The number of nitrogens with zero attached hydrogens (tertiary/aromatic N) is 1. The molecule has 0 saturated carbocycles. The van der Waals surface area contributed by atoms with Crippen molar-refractivity contribution in [3.8, 4) is 0 Å². The molecule has 1 aromatic carbocycles. The Labute approximate surface area is 102 Å². The fourth-order valence-electron chi connectivity index (χ4n) is 2.77. The summed E-state index contributed by atoms with van der Waals surface area (Å²) in [6.07, 6.45) is 1.03. The Hall–Kier alpha value is -1.51. The van der Waals surface area contributed by atoms with Crippen molar-refractivity contribution in [3.63, 3.8) is 0 Å². The maximum Gasteiger partial charge on any atom is 0.325 e. The lowest BCUT2D eigenvalue weighted by atomic mass is 9.96. The van der Waals surface area contributed by atoms with Crippen LogP contribution in [0.15, 0.2) is 24.3 Å². The number of hydrogen-bond donors (Lipinski definition) is 0. The van der Waals surface area contributed by atoms with E-state index in [-0.39, 0.29) is 5.97 Å². The summed E-state index contributed by atoms with van der Waals surface area (Å²) < 4.78 is 4.77. The molecule has 0 N–H and O–H groups in total. The Morgan fingerprint density at radius 3 is 2.76 bits per heavy atom. The number of para-hydroxylation sites is 1. The van der Waals surface area contributed by atoms with Crippen LogP contribution in [0.3, 0.4) is 0 Å².